The maximum absolute atomic E-state index is 14.4. The Kier molecular flexibility index (Phi) is 17.1. The quantitative estimate of drug-likeness (QED) is 0.0820. The Hall–Kier alpha value is -4.18. The van der Waals surface area contributed by atoms with Crippen LogP contribution >= 0.6 is 23.4 Å². The third kappa shape index (κ3) is 13.3. The molecular weight excluding hydrogens is 1030 g/mol. The molecule has 0 radical (unpaired) electrons. The van der Waals surface area contributed by atoms with Gasteiger partial charge in [0.25, 0.3) is 25.8 Å². The maximum Gasteiger partial charge on any atom is 0.501 e. The lowest BCUT2D eigenvalue weighted by Gasteiger charge is -2.48. The number of thioether (sulfide) groups is 1. The summed E-state index contributed by atoms with van der Waals surface area (Å²) in [7, 11) is -10.9. The zero-order valence-corrected chi connectivity index (χ0v) is 45.1. The molecule has 1 amide bonds. The summed E-state index contributed by atoms with van der Waals surface area (Å²) >= 11 is 7.76. The van der Waals surface area contributed by atoms with Gasteiger partial charge in [0, 0.05) is 118 Å². The molecule has 1 spiro atoms. The minimum atomic E-state index is -6.07. The van der Waals surface area contributed by atoms with Crippen molar-refractivity contribution in [3.63, 3.8) is 0 Å². The van der Waals surface area contributed by atoms with Gasteiger partial charge in [0.05, 0.1) is 22.8 Å². The number of piperazine rings is 2. The average Bonchev–Trinajstić information content (AvgIpc) is 3.37. The molecule has 400 valence electrons. The van der Waals surface area contributed by atoms with E-state index < -0.39 is 52.8 Å². The molecule has 9 rings (SSSR count). The lowest BCUT2D eigenvalue weighted by atomic mass is 9.71. The molecule has 0 aromatic heterocycles. The number of hydrogen-bond donors (Lipinski definition) is 3. The number of halogens is 4. The number of morpholine rings is 1. The van der Waals surface area contributed by atoms with E-state index in [-0.39, 0.29) is 16.6 Å². The average molecular weight is 1100 g/mol. The lowest BCUT2D eigenvalue weighted by Crippen LogP contribution is -2.56. The highest BCUT2D eigenvalue weighted by Gasteiger charge is 2.49. The topological polar surface area (TPSA) is 144 Å². The molecule has 1 unspecified atom stereocenters. The summed E-state index contributed by atoms with van der Waals surface area (Å²) in [5.74, 6) is -0.645. The summed E-state index contributed by atoms with van der Waals surface area (Å²) < 4.78 is 105. The van der Waals surface area contributed by atoms with Gasteiger partial charge in [-0.1, -0.05) is 54.4 Å². The van der Waals surface area contributed by atoms with Gasteiger partial charge in [-0.05, 0) is 128 Å². The van der Waals surface area contributed by atoms with Crippen molar-refractivity contribution < 1.29 is 39.5 Å². The van der Waals surface area contributed by atoms with Crippen LogP contribution < -0.4 is 20.3 Å². The second-order valence-electron chi connectivity index (χ2n) is 20.9. The first-order valence-electron chi connectivity index (χ1n) is 25.7. The van der Waals surface area contributed by atoms with Crippen molar-refractivity contribution in [2.75, 3.05) is 108 Å². The van der Waals surface area contributed by atoms with E-state index >= 15 is 0 Å². The molecule has 13 nitrogen and oxygen atoms in total. The molecule has 1 saturated carbocycles. The fourth-order valence-electron chi connectivity index (χ4n) is 11.1. The minimum Gasteiger partial charge on any atom is -0.380 e. The van der Waals surface area contributed by atoms with Crippen molar-refractivity contribution in [1.29, 1.82) is 0 Å². The maximum atomic E-state index is 14.4. The van der Waals surface area contributed by atoms with Crippen LogP contribution in [0, 0.1) is 5.41 Å². The number of carbonyl (C=O) groups is 1. The number of allylic oxidation sites excluding steroid dienone is 1. The second-order valence-corrected chi connectivity index (χ2v) is 26.0. The van der Waals surface area contributed by atoms with E-state index in [4.69, 9.17) is 16.3 Å². The van der Waals surface area contributed by atoms with E-state index in [0.29, 0.717) is 37.9 Å². The minimum absolute atomic E-state index is 0.00229. The Morgan fingerprint density at radius 3 is 2.24 bits per heavy atom. The molecule has 4 fully saturated rings. The van der Waals surface area contributed by atoms with Gasteiger partial charge in [0.2, 0.25) is 0 Å². The number of sulfonamides is 1. The zero-order chi connectivity index (χ0) is 52.1. The first-order valence-corrected chi connectivity index (χ1v) is 30.0. The molecule has 4 aromatic rings. The van der Waals surface area contributed by atoms with Crippen molar-refractivity contribution in [1.82, 2.24) is 24.7 Å². The first-order chi connectivity index (χ1) is 35.4. The van der Waals surface area contributed by atoms with Crippen LogP contribution in [0.2, 0.25) is 5.02 Å². The van der Waals surface area contributed by atoms with Gasteiger partial charge in [0.15, 0.2) is 0 Å². The van der Waals surface area contributed by atoms with E-state index in [2.05, 4.69) is 49.3 Å². The molecule has 20 heteroatoms. The third-order valence-corrected chi connectivity index (χ3v) is 19.6. The predicted molar refractivity (Wildman–Crippen MR) is 287 cm³/mol. The van der Waals surface area contributed by atoms with Crippen LogP contribution in [-0.2, 0) is 24.6 Å². The zero-order valence-electron chi connectivity index (χ0n) is 41.8. The van der Waals surface area contributed by atoms with E-state index in [1.165, 1.54) is 40.6 Å². The van der Waals surface area contributed by atoms with E-state index in [0.717, 1.165) is 138 Å². The molecule has 74 heavy (non-hydrogen) atoms. The SMILES string of the molecule is C[C@@]1(CN2CCNCC2)CCC(c2ccc(Cl)cc2)=C(CN2CCN(c3ccc(C(=O)NS(=O)(=O)c4ccc(NC(CCN5CCOC6(CCC6)C5)CSc5ccccc5)c(S(=O)(=O)C(F)(F)F)c4)cc3)CC2)C1. The lowest BCUT2D eigenvalue weighted by molar-refractivity contribution is -0.151. The number of sulfone groups is 1. The number of carbonyl (C=O) groups excluding carboxylic acids is 1. The fraction of sp³-hybridized carbons (Fsp3) is 0.500. The Labute approximate surface area is 443 Å². The van der Waals surface area contributed by atoms with Crippen LogP contribution in [0.15, 0.2) is 117 Å². The van der Waals surface area contributed by atoms with Gasteiger partial charge in [-0.15, -0.1) is 11.8 Å². The highest BCUT2D eigenvalue weighted by molar-refractivity contribution is 7.99. The molecule has 2 aliphatic carbocycles. The number of rotatable bonds is 18. The van der Waals surface area contributed by atoms with E-state index in [9.17, 15) is 34.8 Å². The van der Waals surface area contributed by atoms with Crippen LogP contribution in [-0.4, -0.2) is 152 Å². The van der Waals surface area contributed by atoms with Gasteiger partial charge in [-0.3, -0.25) is 14.6 Å². The number of ether oxygens (including phenoxy) is 1. The van der Waals surface area contributed by atoms with Gasteiger partial charge in [0.1, 0.15) is 4.90 Å². The summed E-state index contributed by atoms with van der Waals surface area (Å²) in [4.78, 5) is 22.0. The number of amides is 1. The summed E-state index contributed by atoms with van der Waals surface area (Å²) in [5.41, 5.74) is -1.17. The largest absolute Gasteiger partial charge is 0.501 e. The Morgan fingerprint density at radius 2 is 1.57 bits per heavy atom. The van der Waals surface area contributed by atoms with Crippen LogP contribution in [0.5, 0.6) is 0 Å². The highest BCUT2D eigenvalue weighted by Crippen LogP contribution is 2.44. The van der Waals surface area contributed by atoms with Gasteiger partial charge in [-0.25, -0.2) is 21.6 Å². The van der Waals surface area contributed by atoms with Crippen molar-refractivity contribution in [3.05, 3.63) is 119 Å². The van der Waals surface area contributed by atoms with Gasteiger partial charge < -0.3 is 25.2 Å². The number of anilines is 2. The van der Waals surface area contributed by atoms with E-state index in [1.807, 2.05) is 47.2 Å². The predicted octanol–water partition coefficient (Wildman–Crippen LogP) is 8.64. The first kappa shape index (κ1) is 54.6. The molecule has 3 aliphatic heterocycles. The monoisotopic (exact) mass is 1100 g/mol. The van der Waals surface area contributed by atoms with Crippen molar-refractivity contribution in [3.8, 4) is 0 Å². The van der Waals surface area contributed by atoms with Crippen LogP contribution in [0.3, 0.4) is 0 Å². The fourth-order valence-corrected chi connectivity index (χ4v) is 14.2. The number of hydrogen-bond acceptors (Lipinski definition) is 13. The van der Waals surface area contributed by atoms with E-state index in [1.54, 1.807) is 12.1 Å². The molecule has 2 atom stereocenters. The smallest absolute Gasteiger partial charge is 0.380 e. The molecule has 4 aromatic carbocycles. The van der Waals surface area contributed by atoms with Crippen molar-refractivity contribution >= 4 is 66.1 Å². The van der Waals surface area contributed by atoms with Crippen LogP contribution in [0.25, 0.3) is 5.57 Å². The molecule has 3 saturated heterocycles. The van der Waals surface area contributed by atoms with Gasteiger partial charge >= 0.3 is 5.51 Å². The molecule has 5 aliphatic rings. The summed E-state index contributed by atoms with van der Waals surface area (Å²) in [6.07, 6.45) is 6.65. The Bertz CT molecular complexity index is 2850. The number of nitrogens with one attached hydrogen (secondary N) is 3. The molecule has 3 heterocycles. The van der Waals surface area contributed by atoms with Gasteiger partial charge in [-0.2, -0.15) is 13.2 Å². The third-order valence-electron chi connectivity index (χ3n) is 15.4. The number of alkyl halides is 3. The second kappa shape index (κ2) is 23.2. The standard InChI is InChI=1S/C54H67ClF3N7O6S3/c1-52(38-64-26-23-59-24-27-64)22-18-48(40-8-12-43(55)13-9-40)42(35-52)36-62-28-30-65(31-29-62)45-14-10-41(11-15-45)51(66)61-74(69,70)47-16-17-49(50(34-47)73(67,68)54(56,57)58)60-44(37-72-46-6-3-2-4-7-46)19-25-63-32-33-71-53(39-63)20-5-21-53/h2-4,6-17,34,44,59-60H,5,18-33,35-39H2,1H3,(H,61,66)/t44?,52-/m1/s1. The molecule has 3 N–H and O–H groups in total. The Balaban J connectivity index is 0.851. The highest BCUT2D eigenvalue weighted by atomic mass is 35.5. The Morgan fingerprint density at radius 1 is 0.851 bits per heavy atom. The molecule has 0 bridgehead atoms. The van der Waals surface area contributed by atoms with Crippen molar-refractivity contribution in [2.24, 2.45) is 5.41 Å². The normalized spacial score (nSPS) is 21.8. The number of benzene rings is 4. The summed E-state index contributed by atoms with van der Waals surface area (Å²) in [6.45, 7) is 14.2. The number of nitrogens with zero attached hydrogens (tertiary/aromatic N) is 4. The summed E-state index contributed by atoms with van der Waals surface area (Å²) in [5, 5.41) is 7.24. The van der Waals surface area contributed by atoms with Crippen molar-refractivity contribution in [2.45, 2.75) is 83.7 Å². The molecular formula is C54H67ClF3N7O6S3. The summed E-state index contributed by atoms with van der Waals surface area (Å²) in [6, 6.07) is 26.1. The van der Waals surface area contributed by atoms with Crippen LogP contribution in [0.1, 0.15) is 67.8 Å². The van der Waals surface area contributed by atoms with Crippen LogP contribution in [0.4, 0.5) is 24.5 Å².